The van der Waals surface area contributed by atoms with E-state index in [1.807, 2.05) is 10.7 Å². The summed E-state index contributed by atoms with van der Waals surface area (Å²) < 4.78 is 1.89. The van der Waals surface area contributed by atoms with Crippen LogP contribution in [-0.4, -0.2) is 33.7 Å². The van der Waals surface area contributed by atoms with Crippen molar-refractivity contribution in [3.63, 3.8) is 0 Å². The fourth-order valence-corrected chi connectivity index (χ4v) is 1.90. The first-order valence-electron chi connectivity index (χ1n) is 6.89. The minimum absolute atomic E-state index is 0.426. The Morgan fingerprint density at radius 3 is 2.68 bits per heavy atom. The first-order valence-corrected chi connectivity index (χ1v) is 6.89. The van der Waals surface area contributed by atoms with E-state index >= 15 is 0 Å². The summed E-state index contributed by atoms with van der Waals surface area (Å²) in [4.78, 5) is 4.40. The van der Waals surface area contributed by atoms with Crippen molar-refractivity contribution < 1.29 is 0 Å². The van der Waals surface area contributed by atoms with Gasteiger partial charge in [-0.3, -0.25) is 0 Å². The number of nitrogens with one attached hydrogen (secondary N) is 2. The van der Waals surface area contributed by atoms with E-state index in [9.17, 15) is 0 Å². The predicted octanol–water partition coefficient (Wildman–Crippen LogP) is 2.26. The third kappa shape index (κ3) is 3.44. The molecular formula is C14H23N5. The molecule has 0 fully saturated rings. The third-order valence-electron chi connectivity index (χ3n) is 2.97. The summed E-state index contributed by atoms with van der Waals surface area (Å²) in [5, 5.41) is 11.3. The smallest absolute Gasteiger partial charge is 0.152 e. The van der Waals surface area contributed by atoms with Crippen LogP contribution >= 0.6 is 0 Å². The Hall–Kier alpha value is -1.62. The summed E-state index contributed by atoms with van der Waals surface area (Å²) in [6, 6.07) is 2.61. The van der Waals surface area contributed by atoms with Gasteiger partial charge in [-0.25, -0.2) is 9.50 Å². The van der Waals surface area contributed by atoms with Gasteiger partial charge in [0.2, 0.25) is 0 Å². The second-order valence-electron chi connectivity index (χ2n) is 5.37. The zero-order chi connectivity index (χ0) is 13.8. The van der Waals surface area contributed by atoms with Gasteiger partial charge >= 0.3 is 0 Å². The maximum absolute atomic E-state index is 4.55. The van der Waals surface area contributed by atoms with Gasteiger partial charge in [0, 0.05) is 31.5 Å². The van der Waals surface area contributed by atoms with Crippen LogP contribution in [-0.2, 0) is 0 Å². The number of rotatable bonds is 6. The van der Waals surface area contributed by atoms with E-state index in [2.05, 4.69) is 54.5 Å². The monoisotopic (exact) mass is 261 g/mol. The van der Waals surface area contributed by atoms with Crippen LogP contribution in [0.4, 0.5) is 5.82 Å². The van der Waals surface area contributed by atoms with Crippen LogP contribution < -0.4 is 10.6 Å². The quantitative estimate of drug-likeness (QED) is 0.783. The topological polar surface area (TPSA) is 54.2 Å². The molecular weight excluding hydrogens is 238 g/mol. The van der Waals surface area contributed by atoms with Crippen LogP contribution in [0.3, 0.4) is 0 Å². The number of hydrogen-bond donors (Lipinski definition) is 2. The number of fused-ring (bicyclic) bond motifs is 1. The van der Waals surface area contributed by atoms with Gasteiger partial charge < -0.3 is 10.6 Å². The van der Waals surface area contributed by atoms with Gasteiger partial charge in [0.15, 0.2) is 5.82 Å². The van der Waals surface area contributed by atoms with Crippen molar-refractivity contribution >= 4 is 11.3 Å². The zero-order valence-corrected chi connectivity index (χ0v) is 12.1. The van der Waals surface area contributed by atoms with Crippen molar-refractivity contribution in [1.82, 2.24) is 19.9 Å². The van der Waals surface area contributed by atoms with Crippen LogP contribution in [0.2, 0.25) is 0 Å². The molecule has 0 bridgehead atoms. The molecule has 0 saturated heterocycles. The molecule has 0 aliphatic rings. The van der Waals surface area contributed by atoms with Gasteiger partial charge in [0.1, 0.15) is 5.52 Å². The number of hydrogen-bond acceptors (Lipinski definition) is 4. The lowest BCUT2D eigenvalue weighted by atomic mass is 10.1. The van der Waals surface area contributed by atoms with E-state index in [1.54, 1.807) is 6.20 Å². The molecule has 19 heavy (non-hydrogen) atoms. The van der Waals surface area contributed by atoms with Crippen molar-refractivity contribution in [2.75, 3.05) is 18.4 Å². The van der Waals surface area contributed by atoms with Gasteiger partial charge in [0.05, 0.1) is 5.69 Å². The molecule has 5 heteroatoms. The molecule has 0 radical (unpaired) electrons. The van der Waals surface area contributed by atoms with Crippen molar-refractivity contribution in [1.29, 1.82) is 0 Å². The number of anilines is 1. The van der Waals surface area contributed by atoms with E-state index in [-0.39, 0.29) is 0 Å². The predicted molar refractivity (Wildman–Crippen MR) is 78.7 cm³/mol. The summed E-state index contributed by atoms with van der Waals surface area (Å²) in [6.07, 6.45) is 3.67. The Balaban J connectivity index is 2.10. The van der Waals surface area contributed by atoms with Gasteiger partial charge in [0.25, 0.3) is 0 Å². The normalized spacial score (nSPS) is 11.7. The summed E-state index contributed by atoms with van der Waals surface area (Å²) in [6.45, 7) is 10.4. The second kappa shape index (κ2) is 6.02. The Labute approximate surface area is 114 Å². The average molecular weight is 261 g/mol. The summed E-state index contributed by atoms with van der Waals surface area (Å²) in [5.41, 5.74) is 2.13. The molecule has 2 aromatic rings. The summed E-state index contributed by atoms with van der Waals surface area (Å²) in [5.74, 6) is 1.32. The number of aromatic nitrogens is 3. The highest BCUT2D eigenvalue weighted by atomic mass is 15.2. The van der Waals surface area contributed by atoms with E-state index in [0.717, 1.165) is 30.1 Å². The first-order chi connectivity index (χ1) is 9.08. The minimum Gasteiger partial charge on any atom is -0.367 e. The first kappa shape index (κ1) is 13.8. The molecule has 2 aromatic heterocycles. The Morgan fingerprint density at radius 1 is 1.21 bits per heavy atom. The average Bonchev–Trinajstić information content (AvgIpc) is 2.79. The molecule has 0 aromatic carbocycles. The van der Waals surface area contributed by atoms with Gasteiger partial charge in [-0.15, -0.1) is 0 Å². The summed E-state index contributed by atoms with van der Waals surface area (Å²) >= 11 is 0. The fraction of sp³-hybridized carbons (Fsp3) is 0.571. The molecule has 2 N–H and O–H groups in total. The number of nitrogens with zero attached hydrogens (tertiary/aromatic N) is 3. The largest absolute Gasteiger partial charge is 0.367 e. The third-order valence-corrected chi connectivity index (χ3v) is 2.97. The molecule has 0 unspecified atom stereocenters. The SMILES string of the molecule is CC(C)NCCNc1nccn2nc(C(C)C)cc12. The van der Waals surface area contributed by atoms with Crippen LogP contribution in [0.1, 0.15) is 39.3 Å². The lowest BCUT2D eigenvalue weighted by Gasteiger charge is -2.09. The van der Waals surface area contributed by atoms with Crippen molar-refractivity contribution in [2.24, 2.45) is 0 Å². The highest BCUT2D eigenvalue weighted by Crippen LogP contribution is 2.19. The van der Waals surface area contributed by atoms with E-state index in [0.29, 0.717) is 12.0 Å². The van der Waals surface area contributed by atoms with Gasteiger partial charge in [-0.2, -0.15) is 5.10 Å². The maximum Gasteiger partial charge on any atom is 0.152 e. The van der Waals surface area contributed by atoms with Gasteiger partial charge in [-0.05, 0) is 12.0 Å². The second-order valence-corrected chi connectivity index (χ2v) is 5.37. The zero-order valence-electron chi connectivity index (χ0n) is 12.1. The molecule has 104 valence electrons. The highest BCUT2D eigenvalue weighted by Gasteiger charge is 2.09. The molecule has 2 heterocycles. The molecule has 0 saturated carbocycles. The van der Waals surface area contributed by atoms with E-state index in [1.165, 1.54) is 0 Å². The van der Waals surface area contributed by atoms with E-state index in [4.69, 9.17) is 0 Å². The molecule has 2 rings (SSSR count). The Bertz CT molecular complexity index is 530. The Morgan fingerprint density at radius 2 is 2.00 bits per heavy atom. The Kier molecular flexibility index (Phi) is 4.37. The summed E-state index contributed by atoms with van der Waals surface area (Å²) in [7, 11) is 0. The molecule has 0 aliphatic carbocycles. The van der Waals surface area contributed by atoms with Crippen molar-refractivity contribution in [2.45, 2.75) is 39.7 Å². The molecule has 0 spiro atoms. The van der Waals surface area contributed by atoms with Crippen LogP contribution in [0, 0.1) is 0 Å². The lowest BCUT2D eigenvalue weighted by Crippen LogP contribution is -2.28. The van der Waals surface area contributed by atoms with Crippen LogP contribution in [0.25, 0.3) is 5.52 Å². The van der Waals surface area contributed by atoms with Crippen LogP contribution in [0.5, 0.6) is 0 Å². The minimum atomic E-state index is 0.426. The van der Waals surface area contributed by atoms with Gasteiger partial charge in [-0.1, -0.05) is 27.7 Å². The molecule has 0 atom stereocenters. The fourth-order valence-electron chi connectivity index (χ4n) is 1.90. The molecule has 0 aliphatic heterocycles. The maximum atomic E-state index is 4.55. The van der Waals surface area contributed by atoms with Crippen molar-refractivity contribution in [3.8, 4) is 0 Å². The van der Waals surface area contributed by atoms with Crippen molar-refractivity contribution in [3.05, 3.63) is 24.2 Å². The van der Waals surface area contributed by atoms with Crippen LogP contribution in [0.15, 0.2) is 18.5 Å². The molecule has 0 amide bonds. The molecule has 5 nitrogen and oxygen atoms in total. The van der Waals surface area contributed by atoms with E-state index < -0.39 is 0 Å². The highest BCUT2D eigenvalue weighted by molar-refractivity contribution is 5.67. The standard InChI is InChI=1S/C14H23N5/c1-10(2)12-9-13-14(16-6-5-15-11(3)4)17-7-8-19(13)18-12/h7-11,15H,5-6H2,1-4H3,(H,16,17). The lowest BCUT2D eigenvalue weighted by molar-refractivity contribution is 0.602.